The van der Waals surface area contributed by atoms with Crippen molar-refractivity contribution >= 4 is 11.6 Å². The molecule has 2 rings (SSSR count). The Labute approximate surface area is 114 Å². The van der Waals surface area contributed by atoms with Gasteiger partial charge in [0.25, 0.3) is 0 Å². The summed E-state index contributed by atoms with van der Waals surface area (Å²) in [5.74, 6) is 0.438. The largest absolute Gasteiger partial charge is 0.325 e. The van der Waals surface area contributed by atoms with Crippen LogP contribution in [0.3, 0.4) is 0 Å². The molecular formula is C15H21ClFN. The SMILES string of the molecule is CCC1CCCC(N)(Cc2ccc(F)cc2Cl)C1. The summed E-state index contributed by atoms with van der Waals surface area (Å²) in [4.78, 5) is 0. The van der Waals surface area contributed by atoms with Crippen molar-refractivity contribution in [1.29, 1.82) is 0 Å². The fourth-order valence-corrected chi connectivity index (χ4v) is 3.31. The minimum absolute atomic E-state index is 0.166. The van der Waals surface area contributed by atoms with Crippen LogP contribution in [0.4, 0.5) is 4.39 Å². The highest BCUT2D eigenvalue weighted by Crippen LogP contribution is 2.35. The van der Waals surface area contributed by atoms with Crippen LogP contribution in [0.25, 0.3) is 0 Å². The lowest BCUT2D eigenvalue weighted by atomic mass is 9.72. The van der Waals surface area contributed by atoms with Gasteiger partial charge in [-0.05, 0) is 42.9 Å². The van der Waals surface area contributed by atoms with Crippen molar-refractivity contribution in [2.24, 2.45) is 11.7 Å². The molecule has 1 fully saturated rings. The van der Waals surface area contributed by atoms with Gasteiger partial charge in [0.05, 0.1) is 0 Å². The van der Waals surface area contributed by atoms with Gasteiger partial charge in [-0.1, -0.05) is 43.9 Å². The molecule has 1 aliphatic rings. The molecule has 0 aromatic heterocycles. The highest BCUT2D eigenvalue weighted by atomic mass is 35.5. The molecule has 100 valence electrons. The second kappa shape index (κ2) is 5.58. The lowest BCUT2D eigenvalue weighted by Crippen LogP contribution is -2.46. The Hall–Kier alpha value is -0.600. The Morgan fingerprint density at radius 2 is 2.28 bits per heavy atom. The topological polar surface area (TPSA) is 26.0 Å². The predicted molar refractivity (Wildman–Crippen MR) is 74.3 cm³/mol. The Balaban J connectivity index is 2.11. The van der Waals surface area contributed by atoms with Crippen LogP contribution in [0, 0.1) is 11.7 Å². The van der Waals surface area contributed by atoms with Gasteiger partial charge in [-0.25, -0.2) is 4.39 Å². The van der Waals surface area contributed by atoms with Gasteiger partial charge in [-0.15, -0.1) is 0 Å². The molecule has 0 bridgehead atoms. The molecule has 2 atom stereocenters. The maximum atomic E-state index is 13.0. The van der Waals surface area contributed by atoms with Crippen LogP contribution in [-0.4, -0.2) is 5.54 Å². The lowest BCUT2D eigenvalue weighted by molar-refractivity contribution is 0.218. The van der Waals surface area contributed by atoms with Gasteiger partial charge in [-0.2, -0.15) is 0 Å². The first-order valence-electron chi connectivity index (χ1n) is 6.75. The van der Waals surface area contributed by atoms with E-state index >= 15 is 0 Å². The third kappa shape index (κ3) is 3.24. The number of benzene rings is 1. The summed E-state index contributed by atoms with van der Waals surface area (Å²) in [6.07, 6.45) is 6.51. The van der Waals surface area contributed by atoms with E-state index < -0.39 is 0 Å². The van der Waals surface area contributed by atoms with E-state index in [-0.39, 0.29) is 11.4 Å². The average Bonchev–Trinajstić information content (AvgIpc) is 2.33. The van der Waals surface area contributed by atoms with Crippen LogP contribution >= 0.6 is 11.6 Å². The van der Waals surface area contributed by atoms with Crippen LogP contribution in [-0.2, 0) is 6.42 Å². The van der Waals surface area contributed by atoms with Crippen LogP contribution in [0.5, 0.6) is 0 Å². The molecule has 1 aromatic rings. The molecule has 0 spiro atoms. The summed E-state index contributed by atoms with van der Waals surface area (Å²) in [7, 11) is 0. The van der Waals surface area contributed by atoms with Gasteiger partial charge in [0.2, 0.25) is 0 Å². The van der Waals surface area contributed by atoms with E-state index in [0.717, 1.165) is 30.7 Å². The molecule has 1 saturated carbocycles. The van der Waals surface area contributed by atoms with E-state index in [9.17, 15) is 4.39 Å². The van der Waals surface area contributed by atoms with Gasteiger partial charge < -0.3 is 5.73 Å². The number of hydrogen-bond donors (Lipinski definition) is 1. The zero-order valence-corrected chi connectivity index (χ0v) is 11.6. The molecule has 18 heavy (non-hydrogen) atoms. The normalized spacial score (nSPS) is 28.3. The molecule has 1 aromatic carbocycles. The molecule has 3 heteroatoms. The van der Waals surface area contributed by atoms with Crippen molar-refractivity contribution in [3.63, 3.8) is 0 Å². The lowest BCUT2D eigenvalue weighted by Gasteiger charge is -2.38. The maximum absolute atomic E-state index is 13.0. The second-order valence-corrected chi connectivity index (χ2v) is 6.05. The average molecular weight is 270 g/mol. The Morgan fingerprint density at radius 3 is 2.94 bits per heavy atom. The number of rotatable bonds is 3. The van der Waals surface area contributed by atoms with Gasteiger partial charge in [0.15, 0.2) is 0 Å². The highest BCUT2D eigenvalue weighted by Gasteiger charge is 2.32. The third-order valence-electron chi connectivity index (χ3n) is 4.12. The van der Waals surface area contributed by atoms with Gasteiger partial charge >= 0.3 is 0 Å². The van der Waals surface area contributed by atoms with E-state index in [4.69, 9.17) is 17.3 Å². The summed E-state index contributed by atoms with van der Waals surface area (Å²) in [5, 5.41) is 0.499. The number of hydrogen-bond acceptors (Lipinski definition) is 1. The zero-order valence-electron chi connectivity index (χ0n) is 10.9. The van der Waals surface area contributed by atoms with Crippen LogP contribution in [0.2, 0.25) is 5.02 Å². The van der Waals surface area contributed by atoms with Gasteiger partial charge in [-0.3, -0.25) is 0 Å². The number of nitrogens with two attached hydrogens (primary N) is 1. The van der Waals surface area contributed by atoms with E-state index in [0.29, 0.717) is 5.02 Å². The van der Waals surface area contributed by atoms with Crippen molar-refractivity contribution in [1.82, 2.24) is 0 Å². The Kier molecular flexibility index (Phi) is 4.29. The van der Waals surface area contributed by atoms with E-state index in [1.54, 1.807) is 6.07 Å². The first-order chi connectivity index (χ1) is 8.52. The Morgan fingerprint density at radius 1 is 1.50 bits per heavy atom. The monoisotopic (exact) mass is 269 g/mol. The van der Waals surface area contributed by atoms with Crippen molar-refractivity contribution in [2.75, 3.05) is 0 Å². The van der Waals surface area contributed by atoms with Crippen LogP contribution in [0.15, 0.2) is 18.2 Å². The predicted octanol–water partition coefficient (Wildman–Crippen LogP) is 4.32. The van der Waals surface area contributed by atoms with Crippen LogP contribution in [0.1, 0.15) is 44.6 Å². The summed E-state index contributed by atoms with van der Waals surface area (Å²) >= 11 is 6.09. The van der Waals surface area contributed by atoms with Gasteiger partial charge in [0, 0.05) is 10.6 Å². The molecule has 0 aliphatic heterocycles. The molecule has 0 radical (unpaired) electrons. The fourth-order valence-electron chi connectivity index (χ4n) is 3.08. The van der Waals surface area contributed by atoms with E-state index in [1.165, 1.54) is 31.4 Å². The molecule has 1 nitrogen and oxygen atoms in total. The second-order valence-electron chi connectivity index (χ2n) is 5.65. The van der Waals surface area contributed by atoms with Crippen LogP contribution < -0.4 is 5.73 Å². The fraction of sp³-hybridized carbons (Fsp3) is 0.600. The minimum atomic E-state index is -0.287. The molecule has 0 saturated heterocycles. The van der Waals surface area contributed by atoms with Gasteiger partial charge in [0.1, 0.15) is 5.82 Å². The molecule has 2 N–H and O–H groups in total. The molecule has 1 aliphatic carbocycles. The summed E-state index contributed by atoms with van der Waals surface area (Å²) < 4.78 is 13.0. The summed E-state index contributed by atoms with van der Waals surface area (Å²) in [5.41, 5.74) is 7.32. The first-order valence-corrected chi connectivity index (χ1v) is 7.13. The first kappa shape index (κ1) is 13.8. The molecule has 2 unspecified atom stereocenters. The van der Waals surface area contributed by atoms with Crippen molar-refractivity contribution < 1.29 is 4.39 Å². The summed E-state index contributed by atoms with van der Waals surface area (Å²) in [6, 6.07) is 4.60. The smallest absolute Gasteiger partial charge is 0.124 e. The standard InChI is InChI=1S/C15H21ClFN/c1-2-11-4-3-7-15(18,9-11)10-12-5-6-13(17)8-14(12)16/h5-6,8,11H,2-4,7,9-10,18H2,1H3. The highest BCUT2D eigenvalue weighted by molar-refractivity contribution is 6.31. The van der Waals surface area contributed by atoms with Crippen molar-refractivity contribution in [2.45, 2.75) is 51.0 Å². The Bertz CT molecular complexity index is 421. The van der Waals surface area contributed by atoms with Crippen molar-refractivity contribution in [3.05, 3.63) is 34.6 Å². The maximum Gasteiger partial charge on any atom is 0.124 e. The van der Waals surface area contributed by atoms with E-state index in [2.05, 4.69) is 6.92 Å². The summed E-state index contributed by atoms with van der Waals surface area (Å²) in [6.45, 7) is 2.22. The molecular weight excluding hydrogens is 249 g/mol. The molecule has 0 heterocycles. The van der Waals surface area contributed by atoms with Crippen molar-refractivity contribution in [3.8, 4) is 0 Å². The zero-order chi connectivity index (χ0) is 13.2. The molecule has 0 amide bonds. The minimum Gasteiger partial charge on any atom is -0.325 e. The third-order valence-corrected chi connectivity index (χ3v) is 4.47. The van der Waals surface area contributed by atoms with E-state index in [1.807, 2.05) is 0 Å². The quantitative estimate of drug-likeness (QED) is 0.869. The number of halogens is 2.